The zero-order valence-electron chi connectivity index (χ0n) is 13.9. The number of nitrogens with zero attached hydrogens (tertiary/aromatic N) is 2. The summed E-state index contributed by atoms with van der Waals surface area (Å²) in [4.78, 5) is 14.8. The lowest BCUT2D eigenvalue weighted by Gasteiger charge is -2.61. The van der Waals surface area contributed by atoms with Crippen molar-refractivity contribution in [1.82, 2.24) is 4.90 Å². The highest BCUT2D eigenvalue weighted by molar-refractivity contribution is 5.84. The van der Waals surface area contributed by atoms with Crippen molar-refractivity contribution in [3.05, 3.63) is 0 Å². The molecule has 5 nitrogen and oxygen atoms in total. The molecule has 0 aromatic rings. The van der Waals surface area contributed by atoms with Crippen molar-refractivity contribution in [3.8, 4) is 6.07 Å². The Kier molecular flexibility index (Phi) is 3.31. The van der Waals surface area contributed by atoms with Crippen molar-refractivity contribution in [1.29, 1.82) is 5.26 Å². The standard InChI is InChI=1S/C18H27N3O2/c1-11(9-19)21(14-2-3-14)16(22)15(20)17-5-12-4-13(6-17)8-18(23,7-12)10-17/h11-15,23H,2-8,10,20H2,1H3/t11-,12?,13?,15+,17?,18?/m0/s1. The summed E-state index contributed by atoms with van der Waals surface area (Å²) in [7, 11) is 0. The number of rotatable bonds is 4. The number of nitriles is 1. The Balaban J connectivity index is 1.59. The van der Waals surface area contributed by atoms with Crippen LogP contribution in [-0.4, -0.2) is 39.6 Å². The van der Waals surface area contributed by atoms with E-state index < -0.39 is 17.7 Å². The van der Waals surface area contributed by atoms with Crippen LogP contribution in [0.5, 0.6) is 0 Å². The van der Waals surface area contributed by atoms with Crippen LogP contribution in [0, 0.1) is 28.6 Å². The number of amides is 1. The van der Waals surface area contributed by atoms with E-state index in [-0.39, 0.29) is 17.4 Å². The number of aliphatic hydroxyl groups is 1. The van der Waals surface area contributed by atoms with Crippen molar-refractivity contribution >= 4 is 5.91 Å². The summed E-state index contributed by atoms with van der Waals surface area (Å²) in [5.74, 6) is 0.970. The summed E-state index contributed by atoms with van der Waals surface area (Å²) in [5.41, 5.74) is 5.67. The van der Waals surface area contributed by atoms with Gasteiger partial charge in [-0.3, -0.25) is 4.79 Å². The predicted molar refractivity (Wildman–Crippen MR) is 85.0 cm³/mol. The van der Waals surface area contributed by atoms with Gasteiger partial charge in [0.25, 0.3) is 0 Å². The number of carbonyl (C=O) groups excluding carboxylic acids is 1. The van der Waals surface area contributed by atoms with E-state index in [1.54, 1.807) is 11.8 Å². The molecule has 5 heteroatoms. The second-order valence-electron chi connectivity index (χ2n) is 8.81. The maximum atomic E-state index is 13.1. The summed E-state index contributed by atoms with van der Waals surface area (Å²) in [6, 6.07) is 1.41. The number of hydrogen-bond acceptors (Lipinski definition) is 4. The molecule has 0 aromatic carbocycles. The molecule has 0 aliphatic heterocycles. The summed E-state index contributed by atoms with van der Waals surface area (Å²) in [5, 5.41) is 20.1. The Morgan fingerprint density at radius 2 is 1.91 bits per heavy atom. The first-order valence-electron chi connectivity index (χ1n) is 9.06. The Morgan fingerprint density at radius 3 is 2.39 bits per heavy atom. The molecule has 126 valence electrons. The van der Waals surface area contributed by atoms with Crippen LogP contribution in [0.4, 0.5) is 0 Å². The van der Waals surface area contributed by atoms with Gasteiger partial charge in [-0.05, 0) is 75.5 Å². The van der Waals surface area contributed by atoms with Gasteiger partial charge in [0.15, 0.2) is 0 Å². The molecule has 5 fully saturated rings. The van der Waals surface area contributed by atoms with Gasteiger partial charge in [-0.25, -0.2) is 0 Å². The van der Waals surface area contributed by atoms with Gasteiger partial charge in [-0.1, -0.05) is 0 Å². The first kappa shape index (κ1) is 15.4. The number of nitrogens with two attached hydrogens (primary N) is 1. The van der Waals surface area contributed by atoms with E-state index in [4.69, 9.17) is 5.73 Å². The third-order valence-corrected chi connectivity index (χ3v) is 6.80. The second-order valence-corrected chi connectivity index (χ2v) is 8.81. The molecule has 3 N–H and O–H groups in total. The summed E-state index contributed by atoms with van der Waals surface area (Å²) in [6.45, 7) is 1.79. The first-order chi connectivity index (χ1) is 10.9. The lowest BCUT2D eigenvalue weighted by Crippen LogP contribution is -2.65. The van der Waals surface area contributed by atoms with Gasteiger partial charge >= 0.3 is 0 Å². The van der Waals surface area contributed by atoms with E-state index in [1.807, 2.05) is 0 Å². The SMILES string of the molecule is C[C@@H](C#N)N(C(=O)[C@@H](N)C12CC3CC(CC(O)(C3)C1)C2)C1CC1. The lowest BCUT2D eigenvalue weighted by atomic mass is 9.46. The van der Waals surface area contributed by atoms with E-state index in [2.05, 4.69) is 6.07 Å². The largest absolute Gasteiger partial charge is 0.390 e. The van der Waals surface area contributed by atoms with E-state index in [0.717, 1.165) is 38.5 Å². The molecule has 0 saturated heterocycles. The molecule has 4 bridgehead atoms. The Bertz CT molecular complexity index is 551. The van der Waals surface area contributed by atoms with Crippen LogP contribution >= 0.6 is 0 Å². The fraction of sp³-hybridized carbons (Fsp3) is 0.889. The number of carbonyl (C=O) groups is 1. The van der Waals surface area contributed by atoms with Gasteiger partial charge in [0.2, 0.25) is 5.91 Å². The zero-order valence-corrected chi connectivity index (χ0v) is 13.9. The monoisotopic (exact) mass is 317 g/mol. The Labute approximate surface area is 137 Å². The summed E-state index contributed by atoms with van der Waals surface area (Å²) in [6.07, 6.45) is 7.51. The highest BCUT2D eigenvalue weighted by atomic mass is 16.3. The minimum absolute atomic E-state index is 0.0629. The highest BCUT2D eigenvalue weighted by Crippen LogP contribution is 2.62. The van der Waals surface area contributed by atoms with Gasteiger partial charge in [0.05, 0.1) is 17.7 Å². The van der Waals surface area contributed by atoms with Gasteiger partial charge in [0.1, 0.15) is 6.04 Å². The third kappa shape index (κ3) is 2.38. The minimum atomic E-state index is -0.604. The molecule has 0 spiro atoms. The molecule has 5 rings (SSSR count). The van der Waals surface area contributed by atoms with Crippen molar-refractivity contribution in [2.24, 2.45) is 23.0 Å². The molecule has 23 heavy (non-hydrogen) atoms. The fourth-order valence-corrected chi connectivity index (χ4v) is 6.17. The summed E-state index contributed by atoms with van der Waals surface area (Å²) < 4.78 is 0. The van der Waals surface area contributed by atoms with Crippen molar-refractivity contribution < 1.29 is 9.90 Å². The quantitative estimate of drug-likeness (QED) is 0.823. The normalized spacial score (nSPS) is 43.7. The van der Waals surface area contributed by atoms with E-state index in [9.17, 15) is 15.2 Å². The topological polar surface area (TPSA) is 90.4 Å². The maximum Gasteiger partial charge on any atom is 0.241 e. The highest BCUT2D eigenvalue weighted by Gasteiger charge is 2.61. The molecule has 0 aromatic heterocycles. The molecule has 0 heterocycles. The zero-order chi connectivity index (χ0) is 16.4. The maximum absolute atomic E-state index is 13.1. The lowest BCUT2D eigenvalue weighted by molar-refractivity contribution is -0.177. The van der Waals surface area contributed by atoms with Crippen LogP contribution in [0.1, 0.15) is 58.3 Å². The van der Waals surface area contributed by atoms with E-state index >= 15 is 0 Å². The molecule has 2 unspecified atom stereocenters. The molecular formula is C18H27N3O2. The third-order valence-electron chi connectivity index (χ3n) is 6.80. The van der Waals surface area contributed by atoms with Gasteiger partial charge in [-0.15, -0.1) is 0 Å². The fourth-order valence-electron chi connectivity index (χ4n) is 6.17. The smallest absolute Gasteiger partial charge is 0.241 e. The molecule has 1 amide bonds. The van der Waals surface area contributed by atoms with Crippen LogP contribution in [0.2, 0.25) is 0 Å². The number of hydrogen-bond donors (Lipinski definition) is 2. The van der Waals surface area contributed by atoms with Crippen molar-refractivity contribution in [3.63, 3.8) is 0 Å². The van der Waals surface area contributed by atoms with Gasteiger partial charge in [0, 0.05) is 6.04 Å². The van der Waals surface area contributed by atoms with Crippen LogP contribution in [0.3, 0.4) is 0 Å². The minimum Gasteiger partial charge on any atom is -0.390 e. The van der Waals surface area contributed by atoms with Crippen molar-refractivity contribution in [2.75, 3.05) is 0 Å². The summed E-state index contributed by atoms with van der Waals surface area (Å²) >= 11 is 0. The molecule has 4 atom stereocenters. The van der Waals surface area contributed by atoms with E-state index in [0.29, 0.717) is 18.3 Å². The van der Waals surface area contributed by atoms with Crippen LogP contribution in [-0.2, 0) is 4.79 Å². The Hall–Kier alpha value is -1.12. The van der Waals surface area contributed by atoms with Crippen LogP contribution < -0.4 is 5.73 Å². The molecule has 5 aliphatic rings. The van der Waals surface area contributed by atoms with Crippen LogP contribution in [0.25, 0.3) is 0 Å². The molecule has 0 radical (unpaired) electrons. The Morgan fingerprint density at radius 1 is 1.30 bits per heavy atom. The van der Waals surface area contributed by atoms with Crippen molar-refractivity contribution in [2.45, 2.75) is 82.0 Å². The molecule has 5 aliphatic carbocycles. The predicted octanol–water partition coefficient (Wildman–Crippen LogP) is 1.55. The molecular weight excluding hydrogens is 290 g/mol. The average molecular weight is 317 g/mol. The van der Waals surface area contributed by atoms with Gasteiger partial charge in [-0.2, -0.15) is 5.26 Å². The molecule has 5 saturated carbocycles. The average Bonchev–Trinajstić information content (AvgIpc) is 3.28. The first-order valence-corrected chi connectivity index (χ1v) is 9.06. The van der Waals surface area contributed by atoms with E-state index in [1.165, 1.54) is 6.42 Å². The second kappa shape index (κ2) is 4.94. The van der Waals surface area contributed by atoms with Gasteiger partial charge < -0.3 is 15.7 Å². The van der Waals surface area contributed by atoms with Crippen LogP contribution in [0.15, 0.2) is 0 Å².